The number of rotatable bonds is 2. The predicted molar refractivity (Wildman–Crippen MR) is 61.3 cm³/mol. The molecule has 4 nitrogen and oxygen atoms in total. The lowest BCUT2D eigenvalue weighted by Gasteiger charge is -1.92. The largest absolute Gasteiger partial charge is 0.476 e. The van der Waals surface area contributed by atoms with E-state index in [-0.39, 0.29) is 5.69 Å². The van der Waals surface area contributed by atoms with Crippen molar-refractivity contribution in [1.29, 1.82) is 0 Å². The van der Waals surface area contributed by atoms with Gasteiger partial charge < -0.3 is 5.11 Å². The van der Waals surface area contributed by atoms with Crippen LogP contribution in [0.4, 0.5) is 0 Å². The lowest BCUT2D eigenvalue weighted by molar-refractivity contribution is 0.0690. The molecule has 78 valence electrons. The van der Waals surface area contributed by atoms with Crippen molar-refractivity contribution in [2.75, 3.05) is 0 Å². The van der Waals surface area contributed by atoms with Gasteiger partial charge in [-0.15, -0.1) is 11.3 Å². The van der Waals surface area contributed by atoms with Crippen molar-refractivity contribution in [3.63, 3.8) is 0 Å². The summed E-state index contributed by atoms with van der Waals surface area (Å²) in [6.07, 6.45) is 0. The molecular formula is C9H7BrN2O2S. The number of carbonyl (C=O) groups is 1. The minimum Gasteiger partial charge on any atom is -0.476 e. The van der Waals surface area contributed by atoms with E-state index in [4.69, 9.17) is 5.11 Å². The molecule has 2 N–H and O–H groups in total. The number of H-pyrrole nitrogens is 1. The highest BCUT2D eigenvalue weighted by atomic mass is 79.9. The molecule has 0 fully saturated rings. The van der Waals surface area contributed by atoms with Crippen LogP contribution in [0.25, 0.3) is 10.6 Å². The van der Waals surface area contributed by atoms with Gasteiger partial charge in [-0.2, -0.15) is 5.10 Å². The van der Waals surface area contributed by atoms with Crippen LogP contribution in [0.2, 0.25) is 0 Å². The summed E-state index contributed by atoms with van der Waals surface area (Å²) in [5.74, 6) is -1.03. The molecule has 0 atom stereocenters. The zero-order valence-electron chi connectivity index (χ0n) is 7.74. The minimum atomic E-state index is -1.03. The Morgan fingerprint density at radius 2 is 2.40 bits per heavy atom. The zero-order chi connectivity index (χ0) is 11.0. The summed E-state index contributed by atoms with van der Waals surface area (Å²) < 4.78 is 0.980. The van der Waals surface area contributed by atoms with Crippen LogP contribution in [-0.4, -0.2) is 21.3 Å². The second-order valence-electron chi connectivity index (χ2n) is 3.03. The number of carboxylic acids is 1. The first-order valence-electron chi connectivity index (χ1n) is 4.12. The van der Waals surface area contributed by atoms with E-state index in [9.17, 15) is 4.79 Å². The number of carboxylic acid groups (broad SMARTS) is 1. The van der Waals surface area contributed by atoms with Gasteiger partial charge in [0.15, 0.2) is 5.69 Å². The third-order valence-electron chi connectivity index (χ3n) is 1.94. The summed E-state index contributed by atoms with van der Waals surface area (Å²) in [5.41, 5.74) is 1.88. The Hall–Kier alpha value is -1.14. The molecule has 0 aliphatic rings. The fourth-order valence-electron chi connectivity index (χ4n) is 1.16. The third kappa shape index (κ3) is 1.82. The SMILES string of the molecule is Cc1csc(-c2cc(C(=O)O)n[nH]2)c1Br. The van der Waals surface area contributed by atoms with Gasteiger partial charge in [-0.1, -0.05) is 0 Å². The summed E-state index contributed by atoms with van der Waals surface area (Å²) >= 11 is 4.99. The van der Waals surface area contributed by atoms with Crippen LogP contribution in [0.1, 0.15) is 16.1 Å². The number of aryl methyl sites for hydroxylation is 1. The van der Waals surface area contributed by atoms with Crippen molar-refractivity contribution < 1.29 is 9.90 Å². The Balaban J connectivity index is 2.46. The number of hydrogen-bond donors (Lipinski definition) is 2. The van der Waals surface area contributed by atoms with Gasteiger partial charge in [0.2, 0.25) is 0 Å². The molecule has 0 radical (unpaired) electrons. The molecule has 6 heteroatoms. The smallest absolute Gasteiger partial charge is 0.356 e. The van der Waals surface area contributed by atoms with Gasteiger partial charge in [0.1, 0.15) is 0 Å². The molecule has 15 heavy (non-hydrogen) atoms. The summed E-state index contributed by atoms with van der Waals surface area (Å²) in [5, 5.41) is 17.1. The quantitative estimate of drug-likeness (QED) is 0.892. The number of hydrogen-bond acceptors (Lipinski definition) is 3. The summed E-state index contributed by atoms with van der Waals surface area (Å²) in [6, 6.07) is 1.53. The average Bonchev–Trinajstić information content (AvgIpc) is 2.76. The average molecular weight is 287 g/mol. The van der Waals surface area contributed by atoms with Crippen molar-refractivity contribution in [3.8, 4) is 10.6 Å². The van der Waals surface area contributed by atoms with E-state index in [0.717, 1.165) is 20.6 Å². The second kappa shape index (κ2) is 3.79. The van der Waals surface area contributed by atoms with Crippen LogP contribution >= 0.6 is 27.3 Å². The Morgan fingerprint density at radius 1 is 1.67 bits per heavy atom. The molecule has 0 aliphatic heterocycles. The van der Waals surface area contributed by atoms with E-state index < -0.39 is 5.97 Å². The second-order valence-corrected chi connectivity index (χ2v) is 4.71. The van der Waals surface area contributed by atoms with E-state index in [1.54, 1.807) is 11.3 Å². The molecule has 0 spiro atoms. The highest BCUT2D eigenvalue weighted by Gasteiger charge is 2.13. The lowest BCUT2D eigenvalue weighted by Crippen LogP contribution is -1.95. The first-order chi connectivity index (χ1) is 7.09. The molecule has 2 aromatic heterocycles. The molecule has 0 amide bonds. The summed E-state index contributed by atoms with van der Waals surface area (Å²) in [6.45, 7) is 1.98. The van der Waals surface area contributed by atoms with E-state index >= 15 is 0 Å². The van der Waals surface area contributed by atoms with Crippen molar-refractivity contribution in [2.45, 2.75) is 6.92 Å². The Kier molecular flexibility index (Phi) is 2.62. The Bertz CT molecular complexity index is 518. The molecule has 0 saturated carbocycles. The number of halogens is 1. The number of aromatic amines is 1. The summed E-state index contributed by atoms with van der Waals surface area (Å²) in [7, 11) is 0. The van der Waals surface area contributed by atoms with Gasteiger partial charge in [-0.05, 0) is 39.9 Å². The van der Waals surface area contributed by atoms with Gasteiger partial charge in [0.25, 0.3) is 0 Å². The number of thiophene rings is 1. The van der Waals surface area contributed by atoms with Crippen molar-refractivity contribution in [1.82, 2.24) is 10.2 Å². The summed E-state index contributed by atoms with van der Waals surface area (Å²) in [4.78, 5) is 11.6. The van der Waals surface area contributed by atoms with Crippen LogP contribution in [0.15, 0.2) is 15.9 Å². The lowest BCUT2D eigenvalue weighted by atomic mass is 10.3. The Labute approximate surface area is 98.1 Å². The molecular weight excluding hydrogens is 280 g/mol. The number of nitrogens with zero attached hydrogens (tertiary/aromatic N) is 1. The maximum absolute atomic E-state index is 10.6. The zero-order valence-corrected chi connectivity index (χ0v) is 10.1. The standard InChI is InChI=1S/C9H7BrN2O2S/c1-4-3-15-8(7(4)10)5-2-6(9(13)14)12-11-5/h2-3H,1H3,(H,11,12)(H,13,14). The van der Waals surface area contributed by atoms with E-state index in [1.165, 1.54) is 6.07 Å². The van der Waals surface area contributed by atoms with Crippen molar-refractivity contribution in [2.24, 2.45) is 0 Å². The van der Waals surface area contributed by atoms with E-state index in [2.05, 4.69) is 26.1 Å². The van der Waals surface area contributed by atoms with E-state index in [1.807, 2.05) is 12.3 Å². The molecule has 0 bridgehead atoms. The highest BCUT2D eigenvalue weighted by molar-refractivity contribution is 9.10. The van der Waals surface area contributed by atoms with Gasteiger partial charge in [0.05, 0.1) is 10.6 Å². The van der Waals surface area contributed by atoms with Crippen LogP contribution in [0.3, 0.4) is 0 Å². The van der Waals surface area contributed by atoms with Crippen LogP contribution < -0.4 is 0 Å². The molecule has 0 aromatic carbocycles. The van der Waals surface area contributed by atoms with Crippen molar-refractivity contribution in [3.05, 3.63) is 27.2 Å². The number of aromatic carboxylic acids is 1. The number of aromatic nitrogens is 2. The maximum atomic E-state index is 10.6. The van der Waals surface area contributed by atoms with Crippen LogP contribution in [0, 0.1) is 6.92 Å². The van der Waals surface area contributed by atoms with Gasteiger partial charge in [-0.25, -0.2) is 4.79 Å². The monoisotopic (exact) mass is 286 g/mol. The molecule has 2 rings (SSSR count). The van der Waals surface area contributed by atoms with E-state index in [0.29, 0.717) is 0 Å². The molecule has 0 saturated heterocycles. The van der Waals surface area contributed by atoms with Crippen molar-refractivity contribution >= 4 is 33.2 Å². The van der Waals surface area contributed by atoms with Crippen LogP contribution in [-0.2, 0) is 0 Å². The fraction of sp³-hybridized carbons (Fsp3) is 0.111. The normalized spacial score (nSPS) is 10.5. The topological polar surface area (TPSA) is 66.0 Å². The van der Waals surface area contributed by atoms with Gasteiger partial charge >= 0.3 is 5.97 Å². The van der Waals surface area contributed by atoms with Gasteiger partial charge in [0, 0.05) is 4.47 Å². The van der Waals surface area contributed by atoms with Gasteiger partial charge in [-0.3, -0.25) is 5.10 Å². The maximum Gasteiger partial charge on any atom is 0.356 e. The minimum absolute atomic E-state index is 0.0305. The molecule has 0 aliphatic carbocycles. The van der Waals surface area contributed by atoms with Crippen LogP contribution in [0.5, 0.6) is 0 Å². The molecule has 2 heterocycles. The Morgan fingerprint density at radius 3 is 2.87 bits per heavy atom. The highest BCUT2D eigenvalue weighted by Crippen LogP contribution is 2.35. The molecule has 0 unspecified atom stereocenters. The fourth-order valence-corrected chi connectivity index (χ4v) is 2.83. The number of nitrogens with one attached hydrogen (secondary N) is 1. The first-order valence-corrected chi connectivity index (χ1v) is 5.79. The predicted octanol–water partition coefficient (Wildman–Crippen LogP) is 2.91. The first kappa shape index (κ1) is 10.4. The third-order valence-corrected chi connectivity index (χ3v) is 4.36. The molecule has 2 aromatic rings.